The number of methoxy groups -OCH3 is 2. The zero-order valence-electron chi connectivity index (χ0n) is 17.0. The Kier molecular flexibility index (Phi) is 6.90. The van der Waals surface area contributed by atoms with E-state index in [0.717, 1.165) is 5.56 Å². The number of imide groups is 1. The Labute approximate surface area is 171 Å². The maximum absolute atomic E-state index is 12.4. The van der Waals surface area contributed by atoms with Crippen LogP contribution in [0.4, 0.5) is 0 Å². The Morgan fingerprint density at radius 3 is 2.34 bits per heavy atom. The Bertz CT molecular complexity index is 778. The molecule has 1 aromatic carbocycles. The van der Waals surface area contributed by atoms with E-state index in [9.17, 15) is 14.4 Å². The van der Waals surface area contributed by atoms with Gasteiger partial charge >= 0.3 is 0 Å². The summed E-state index contributed by atoms with van der Waals surface area (Å²) in [6.45, 7) is 0.819. The number of nitrogens with zero attached hydrogens (tertiary/aromatic N) is 1. The van der Waals surface area contributed by atoms with Crippen molar-refractivity contribution in [3.8, 4) is 11.5 Å². The third-order valence-corrected chi connectivity index (χ3v) is 5.57. The van der Waals surface area contributed by atoms with Gasteiger partial charge in [-0.05, 0) is 43.4 Å². The number of allylic oxidation sites excluding steroid dienone is 2. The molecule has 1 N–H and O–H groups in total. The van der Waals surface area contributed by atoms with Crippen molar-refractivity contribution in [2.24, 2.45) is 11.8 Å². The molecule has 0 unspecified atom stereocenters. The molecule has 0 aromatic heterocycles. The lowest BCUT2D eigenvalue weighted by atomic mass is 9.85. The van der Waals surface area contributed by atoms with Crippen LogP contribution in [0.2, 0.25) is 0 Å². The van der Waals surface area contributed by atoms with Crippen LogP contribution in [0.3, 0.4) is 0 Å². The Hall–Kier alpha value is -2.83. The van der Waals surface area contributed by atoms with Gasteiger partial charge in [0.2, 0.25) is 17.7 Å². The second-order valence-electron chi connectivity index (χ2n) is 7.38. The molecule has 7 heteroatoms. The topological polar surface area (TPSA) is 84.9 Å². The predicted octanol–water partition coefficient (Wildman–Crippen LogP) is 2.09. The van der Waals surface area contributed by atoms with Gasteiger partial charge in [0.05, 0.1) is 26.1 Å². The van der Waals surface area contributed by atoms with E-state index in [2.05, 4.69) is 5.32 Å². The van der Waals surface area contributed by atoms with Crippen molar-refractivity contribution in [1.29, 1.82) is 0 Å². The van der Waals surface area contributed by atoms with Crippen LogP contribution in [0, 0.1) is 11.8 Å². The zero-order valence-corrected chi connectivity index (χ0v) is 17.0. The van der Waals surface area contributed by atoms with Gasteiger partial charge < -0.3 is 14.8 Å². The van der Waals surface area contributed by atoms with Gasteiger partial charge in [0, 0.05) is 19.5 Å². The zero-order chi connectivity index (χ0) is 20.8. The number of hydrogen-bond acceptors (Lipinski definition) is 5. The smallest absolute Gasteiger partial charge is 0.233 e. The van der Waals surface area contributed by atoms with Crippen molar-refractivity contribution in [2.45, 2.75) is 32.1 Å². The molecule has 1 fully saturated rings. The van der Waals surface area contributed by atoms with Crippen molar-refractivity contribution in [1.82, 2.24) is 10.2 Å². The normalized spacial score (nSPS) is 20.6. The van der Waals surface area contributed by atoms with Crippen LogP contribution in [0.25, 0.3) is 0 Å². The lowest BCUT2D eigenvalue weighted by Crippen LogP contribution is -2.33. The van der Waals surface area contributed by atoms with Crippen LogP contribution in [0.1, 0.15) is 31.2 Å². The first-order valence-corrected chi connectivity index (χ1v) is 10.0. The summed E-state index contributed by atoms with van der Waals surface area (Å²) in [7, 11) is 3.18. The van der Waals surface area contributed by atoms with E-state index in [-0.39, 0.29) is 36.0 Å². The van der Waals surface area contributed by atoms with Gasteiger partial charge in [-0.3, -0.25) is 19.3 Å². The van der Waals surface area contributed by atoms with Crippen molar-refractivity contribution in [2.75, 3.05) is 27.3 Å². The molecule has 0 radical (unpaired) electrons. The molecular formula is C22H28N2O5. The fourth-order valence-electron chi connectivity index (χ4n) is 3.96. The van der Waals surface area contributed by atoms with Crippen molar-refractivity contribution in [3.05, 3.63) is 35.9 Å². The lowest BCUT2D eigenvalue weighted by Gasteiger charge is -2.14. The quantitative estimate of drug-likeness (QED) is 0.507. The summed E-state index contributed by atoms with van der Waals surface area (Å²) in [4.78, 5) is 38.2. The third kappa shape index (κ3) is 4.78. The van der Waals surface area contributed by atoms with Crippen LogP contribution < -0.4 is 14.8 Å². The summed E-state index contributed by atoms with van der Waals surface area (Å²) >= 11 is 0. The predicted molar refractivity (Wildman–Crippen MR) is 108 cm³/mol. The van der Waals surface area contributed by atoms with Gasteiger partial charge in [-0.1, -0.05) is 18.2 Å². The Morgan fingerprint density at radius 1 is 1.07 bits per heavy atom. The van der Waals surface area contributed by atoms with E-state index < -0.39 is 0 Å². The minimum atomic E-state index is -0.206. The number of carbonyl (C=O) groups is 3. The molecule has 1 heterocycles. The van der Waals surface area contributed by atoms with Crippen molar-refractivity contribution in [3.63, 3.8) is 0 Å². The minimum Gasteiger partial charge on any atom is -0.493 e. The standard InChI is InChI=1S/C22H28N2O5/c1-28-18-10-9-15(14-19(18)29-2)11-12-23-20(25)8-5-13-24-21(26)16-6-3-4-7-17(16)22(24)27/h3-4,9-10,14,16-17H,5-8,11-13H2,1-2H3,(H,23,25)/t16-,17-/m1/s1. The molecule has 29 heavy (non-hydrogen) atoms. The van der Waals surface area contributed by atoms with Gasteiger partial charge in [0.15, 0.2) is 11.5 Å². The molecule has 0 saturated carbocycles. The molecule has 0 spiro atoms. The number of benzene rings is 1. The number of hydrogen-bond donors (Lipinski definition) is 1. The lowest BCUT2D eigenvalue weighted by molar-refractivity contribution is -0.140. The maximum Gasteiger partial charge on any atom is 0.233 e. The molecule has 1 aromatic rings. The minimum absolute atomic E-state index is 0.0799. The highest BCUT2D eigenvalue weighted by Crippen LogP contribution is 2.35. The van der Waals surface area contributed by atoms with Gasteiger partial charge in [-0.15, -0.1) is 0 Å². The van der Waals surface area contributed by atoms with E-state index in [0.29, 0.717) is 50.3 Å². The molecule has 156 valence electrons. The van der Waals surface area contributed by atoms with Crippen LogP contribution in [0.15, 0.2) is 30.4 Å². The molecule has 2 aliphatic rings. The molecule has 1 aliphatic carbocycles. The molecule has 1 saturated heterocycles. The van der Waals surface area contributed by atoms with E-state index in [4.69, 9.17) is 9.47 Å². The van der Waals surface area contributed by atoms with Gasteiger partial charge in [0.1, 0.15) is 0 Å². The number of ether oxygens (including phenoxy) is 2. The monoisotopic (exact) mass is 400 g/mol. The van der Waals surface area contributed by atoms with Gasteiger partial charge in [-0.2, -0.15) is 0 Å². The number of likely N-dealkylation sites (tertiary alicyclic amines) is 1. The van der Waals surface area contributed by atoms with Crippen molar-refractivity contribution < 1.29 is 23.9 Å². The number of rotatable bonds is 9. The molecule has 2 atom stereocenters. The second-order valence-corrected chi connectivity index (χ2v) is 7.38. The first-order valence-electron chi connectivity index (χ1n) is 10.0. The molecule has 1 aliphatic heterocycles. The first kappa shape index (κ1) is 20.9. The molecule has 0 bridgehead atoms. The highest BCUT2D eigenvalue weighted by Gasteiger charge is 2.46. The molecule has 3 amide bonds. The summed E-state index contributed by atoms with van der Waals surface area (Å²) in [6.07, 6.45) is 6.67. The van der Waals surface area contributed by atoms with E-state index in [1.54, 1.807) is 14.2 Å². The second kappa shape index (κ2) is 9.58. The van der Waals surface area contributed by atoms with Gasteiger partial charge in [0.25, 0.3) is 0 Å². The Balaban J connectivity index is 1.38. The van der Waals surface area contributed by atoms with Gasteiger partial charge in [-0.25, -0.2) is 0 Å². The summed E-state index contributed by atoms with van der Waals surface area (Å²) < 4.78 is 10.5. The van der Waals surface area contributed by atoms with E-state index in [1.807, 2.05) is 30.4 Å². The average Bonchev–Trinajstić information content (AvgIpc) is 2.98. The summed E-state index contributed by atoms with van der Waals surface area (Å²) in [5.74, 6) is 0.666. The molecule has 3 rings (SSSR count). The number of fused-ring (bicyclic) bond motifs is 1. The highest BCUT2D eigenvalue weighted by molar-refractivity contribution is 6.05. The maximum atomic E-state index is 12.4. The van der Waals surface area contributed by atoms with Crippen LogP contribution in [-0.2, 0) is 20.8 Å². The van der Waals surface area contributed by atoms with E-state index >= 15 is 0 Å². The first-order chi connectivity index (χ1) is 14.0. The molecule has 7 nitrogen and oxygen atoms in total. The summed E-state index contributed by atoms with van der Waals surface area (Å²) in [5.41, 5.74) is 1.03. The number of amides is 3. The van der Waals surface area contributed by atoms with Crippen LogP contribution in [-0.4, -0.2) is 49.9 Å². The summed E-state index contributed by atoms with van der Waals surface area (Å²) in [5, 5.41) is 2.89. The fraction of sp³-hybridized carbons (Fsp3) is 0.500. The molecular weight excluding hydrogens is 372 g/mol. The number of carbonyl (C=O) groups excluding carboxylic acids is 3. The van der Waals surface area contributed by atoms with E-state index in [1.165, 1.54) is 4.90 Å². The summed E-state index contributed by atoms with van der Waals surface area (Å²) in [6, 6.07) is 5.67. The fourth-order valence-corrected chi connectivity index (χ4v) is 3.96. The van der Waals surface area contributed by atoms with Crippen LogP contribution >= 0.6 is 0 Å². The Morgan fingerprint density at radius 2 is 1.72 bits per heavy atom. The van der Waals surface area contributed by atoms with Crippen LogP contribution in [0.5, 0.6) is 11.5 Å². The highest BCUT2D eigenvalue weighted by atomic mass is 16.5. The van der Waals surface area contributed by atoms with Crippen molar-refractivity contribution >= 4 is 17.7 Å². The average molecular weight is 400 g/mol. The third-order valence-electron chi connectivity index (χ3n) is 5.57. The SMILES string of the molecule is COc1ccc(CCNC(=O)CCCN2C(=O)[C@@H]3CC=CC[C@H]3C2=O)cc1OC. The largest absolute Gasteiger partial charge is 0.493 e. The number of nitrogens with one attached hydrogen (secondary N) is 1.